The van der Waals surface area contributed by atoms with Crippen molar-refractivity contribution in [1.82, 2.24) is 0 Å². The SMILES string of the molecule is CCCOc1ccccc1C(Br)(Br)Br. The van der Waals surface area contributed by atoms with Crippen LogP contribution in [0.5, 0.6) is 5.75 Å². The van der Waals surface area contributed by atoms with Gasteiger partial charge in [-0.2, -0.15) is 0 Å². The van der Waals surface area contributed by atoms with Crippen molar-refractivity contribution < 1.29 is 4.74 Å². The first-order chi connectivity index (χ1) is 6.55. The van der Waals surface area contributed by atoms with Crippen LogP contribution in [0, 0.1) is 0 Å². The van der Waals surface area contributed by atoms with E-state index in [-0.39, 0.29) is 0 Å². The van der Waals surface area contributed by atoms with Crippen molar-refractivity contribution in [2.75, 3.05) is 6.61 Å². The lowest BCUT2D eigenvalue weighted by Gasteiger charge is -2.17. The molecule has 0 spiro atoms. The minimum Gasteiger partial charge on any atom is -0.493 e. The van der Waals surface area contributed by atoms with Crippen molar-refractivity contribution in [2.24, 2.45) is 0 Å². The molecule has 0 fully saturated rings. The molecule has 0 amide bonds. The van der Waals surface area contributed by atoms with Gasteiger partial charge in [0, 0.05) is 5.56 Å². The maximum absolute atomic E-state index is 5.62. The quantitative estimate of drug-likeness (QED) is 0.680. The van der Waals surface area contributed by atoms with E-state index in [2.05, 4.69) is 54.7 Å². The monoisotopic (exact) mass is 384 g/mol. The van der Waals surface area contributed by atoms with E-state index in [0.717, 1.165) is 24.3 Å². The second-order valence-electron chi connectivity index (χ2n) is 2.84. The van der Waals surface area contributed by atoms with Crippen LogP contribution in [0.2, 0.25) is 0 Å². The average Bonchev–Trinajstić information content (AvgIpc) is 2.14. The molecule has 0 atom stereocenters. The number of rotatable bonds is 3. The van der Waals surface area contributed by atoms with Gasteiger partial charge in [-0.15, -0.1) is 0 Å². The zero-order valence-corrected chi connectivity index (χ0v) is 12.5. The van der Waals surface area contributed by atoms with Crippen LogP contribution in [0.1, 0.15) is 18.9 Å². The molecule has 0 radical (unpaired) electrons. The fourth-order valence-corrected chi connectivity index (χ4v) is 2.02. The molecule has 0 bridgehead atoms. The molecule has 0 aromatic heterocycles. The number of ether oxygens (including phenoxy) is 1. The van der Waals surface area contributed by atoms with Gasteiger partial charge in [0.1, 0.15) is 5.75 Å². The fraction of sp³-hybridized carbons (Fsp3) is 0.400. The summed E-state index contributed by atoms with van der Waals surface area (Å²) in [4.78, 5) is 0. The Labute approximate surface area is 110 Å². The molecule has 0 N–H and O–H groups in total. The summed E-state index contributed by atoms with van der Waals surface area (Å²) in [5.41, 5.74) is 1.04. The van der Waals surface area contributed by atoms with Gasteiger partial charge in [0.05, 0.1) is 6.61 Å². The Morgan fingerprint density at radius 3 is 2.43 bits per heavy atom. The molecule has 1 rings (SSSR count). The predicted molar refractivity (Wildman–Crippen MR) is 70.7 cm³/mol. The second kappa shape index (κ2) is 5.52. The number of alkyl halides is 3. The highest BCUT2D eigenvalue weighted by molar-refractivity contribution is 9.38. The van der Waals surface area contributed by atoms with E-state index in [1.807, 2.05) is 24.3 Å². The van der Waals surface area contributed by atoms with E-state index < -0.39 is 2.14 Å². The summed E-state index contributed by atoms with van der Waals surface area (Å²) in [7, 11) is 0. The third-order valence-corrected chi connectivity index (χ3v) is 2.94. The van der Waals surface area contributed by atoms with Crippen LogP contribution in [0.25, 0.3) is 0 Å². The zero-order valence-electron chi connectivity index (χ0n) is 7.77. The third-order valence-electron chi connectivity index (χ3n) is 1.65. The molecule has 0 unspecified atom stereocenters. The molecule has 1 aromatic rings. The van der Waals surface area contributed by atoms with E-state index in [1.165, 1.54) is 0 Å². The number of para-hydroxylation sites is 1. The maximum Gasteiger partial charge on any atom is 0.163 e. The van der Waals surface area contributed by atoms with Gasteiger partial charge in [-0.25, -0.2) is 0 Å². The Morgan fingerprint density at radius 2 is 1.86 bits per heavy atom. The van der Waals surface area contributed by atoms with Crippen LogP contribution in [0.3, 0.4) is 0 Å². The molecule has 0 aliphatic carbocycles. The molecule has 0 heterocycles. The van der Waals surface area contributed by atoms with Gasteiger partial charge in [0.2, 0.25) is 0 Å². The van der Waals surface area contributed by atoms with Crippen LogP contribution in [-0.4, -0.2) is 6.61 Å². The summed E-state index contributed by atoms with van der Waals surface area (Å²) in [5.74, 6) is 0.889. The van der Waals surface area contributed by atoms with Gasteiger partial charge in [-0.1, -0.05) is 72.9 Å². The van der Waals surface area contributed by atoms with E-state index in [0.29, 0.717) is 0 Å². The van der Waals surface area contributed by atoms with E-state index in [4.69, 9.17) is 4.74 Å². The van der Waals surface area contributed by atoms with Crippen LogP contribution in [0.15, 0.2) is 24.3 Å². The normalized spacial score (nSPS) is 11.4. The summed E-state index contributed by atoms with van der Waals surface area (Å²) in [6.07, 6.45) is 1.01. The van der Waals surface area contributed by atoms with E-state index in [9.17, 15) is 0 Å². The molecule has 0 saturated carbocycles. The largest absolute Gasteiger partial charge is 0.493 e. The topological polar surface area (TPSA) is 9.23 Å². The van der Waals surface area contributed by atoms with Crippen LogP contribution in [-0.2, 0) is 2.14 Å². The molecule has 78 valence electrons. The van der Waals surface area contributed by atoms with Crippen molar-refractivity contribution in [3.8, 4) is 5.75 Å². The lowest BCUT2D eigenvalue weighted by Crippen LogP contribution is -2.04. The van der Waals surface area contributed by atoms with E-state index >= 15 is 0 Å². The number of benzene rings is 1. The number of halogens is 3. The van der Waals surface area contributed by atoms with Gasteiger partial charge in [0.15, 0.2) is 2.14 Å². The summed E-state index contributed by atoms with van der Waals surface area (Å²) in [6.45, 7) is 2.83. The van der Waals surface area contributed by atoms with Crippen molar-refractivity contribution in [3.05, 3.63) is 29.8 Å². The Bertz CT molecular complexity index is 294. The maximum atomic E-state index is 5.62. The lowest BCUT2D eigenvalue weighted by atomic mass is 10.2. The van der Waals surface area contributed by atoms with Gasteiger partial charge >= 0.3 is 0 Å². The lowest BCUT2D eigenvalue weighted by molar-refractivity contribution is 0.315. The Balaban J connectivity index is 2.92. The van der Waals surface area contributed by atoms with Crippen molar-refractivity contribution in [3.63, 3.8) is 0 Å². The van der Waals surface area contributed by atoms with E-state index in [1.54, 1.807) is 0 Å². The summed E-state index contributed by atoms with van der Waals surface area (Å²) in [6, 6.07) is 7.91. The first-order valence-corrected chi connectivity index (χ1v) is 6.72. The zero-order chi connectivity index (χ0) is 10.6. The Kier molecular flexibility index (Phi) is 4.94. The molecule has 0 aliphatic rings. The van der Waals surface area contributed by atoms with Crippen LogP contribution < -0.4 is 4.74 Å². The molecule has 0 aliphatic heterocycles. The molecule has 4 heteroatoms. The highest BCUT2D eigenvalue weighted by atomic mass is 80.0. The van der Waals surface area contributed by atoms with Gasteiger partial charge in [-0.05, 0) is 12.5 Å². The molecule has 0 saturated heterocycles. The first-order valence-electron chi connectivity index (χ1n) is 4.34. The average molecular weight is 387 g/mol. The Hall–Kier alpha value is 0.460. The first kappa shape index (κ1) is 12.5. The highest BCUT2D eigenvalue weighted by Gasteiger charge is 2.24. The standard InChI is InChI=1S/C10H11Br3O/c1-2-7-14-9-6-4-3-5-8(9)10(11,12)13/h3-6H,2,7H2,1H3. The second-order valence-corrected chi connectivity index (χ2v) is 9.60. The molecule has 1 aromatic carbocycles. The van der Waals surface area contributed by atoms with Gasteiger partial charge in [-0.3, -0.25) is 0 Å². The minimum absolute atomic E-state index is 0.405. The number of hydrogen-bond acceptors (Lipinski definition) is 1. The van der Waals surface area contributed by atoms with Crippen LogP contribution >= 0.6 is 47.8 Å². The van der Waals surface area contributed by atoms with Gasteiger partial charge < -0.3 is 4.74 Å². The van der Waals surface area contributed by atoms with Crippen LogP contribution in [0.4, 0.5) is 0 Å². The van der Waals surface area contributed by atoms with Crippen molar-refractivity contribution in [2.45, 2.75) is 15.5 Å². The highest BCUT2D eigenvalue weighted by Crippen LogP contribution is 2.47. The smallest absolute Gasteiger partial charge is 0.163 e. The third kappa shape index (κ3) is 3.55. The minimum atomic E-state index is -0.405. The molecular formula is C10H11Br3O. The number of hydrogen-bond donors (Lipinski definition) is 0. The predicted octanol–water partition coefficient (Wildman–Crippen LogP) is 4.77. The molecular weight excluding hydrogens is 376 g/mol. The summed E-state index contributed by atoms with van der Waals surface area (Å²) < 4.78 is 5.22. The van der Waals surface area contributed by atoms with Gasteiger partial charge in [0.25, 0.3) is 0 Å². The molecule has 14 heavy (non-hydrogen) atoms. The summed E-state index contributed by atoms with van der Waals surface area (Å²) >= 11 is 10.4. The summed E-state index contributed by atoms with van der Waals surface area (Å²) in [5, 5.41) is 0. The molecule has 1 nitrogen and oxygen atoms in total. The van der Waals surface area contributed by atoms with Crippen molar-refractivity contribution in [1.29, 1.82) is 0 Å². The fourth-order valence-electron chi connectivity index (χ4n) is 1.04. The van der Waals surface area contributed by atoms with Crippen molar-refractivity contribution >= 4 is 47.8 Å². The Morgan fingerprint density at radius 1 is 1.21 bits per heavy atom.